The number of pyridine rings is 1. The van der Waals surface area contributed by atoms with E-state index in [4.69, 9.17) is 4.42 Å². The maximum Gasteiger partial charge on any atom is 0.160 e. The van der Waals surface area contributed by atoms with Crippen LogP contribution in [-0.2, 0) is 0 Å². The topological polar surface area (TPSA) is 29.3 Å². The minimum absolute atomic E-state index is 0.834. The summed E-state index contributed by atoms with van der Waals surface area (Å²) in [5.41, 5.74) is 11.7. The van der Waals surface area contributed by atoms with Crippen molar-refractivity contribution in [1.29, 1.82) is 0 Å². The molecule has 10 rings (SSSR count). The molecule has 2 heterocycles. The molecule has 0 saturated heterocycles. The summed E-state index contributed by atoms with van der Waals surface area (Å²) in [5, 5.41) is 6.64. The molecule has 0 atom stereocenters. The zero-order valence-corrected chi connectivity index (χ0v) is 28.3. The highest BCUT2D eigenvalue weighted by molar-refractivity contribution is 6.20. The van der Waals surface area contributed by atoms with Crippen LogP contribution in [0.25, 0.3) is 76.9 Å². The molecule has 52 heavy (non-hydrogen) atoms. The Morgan fingerprint density at radius 1 is 0.423 bits per heavy atom. The van der Waals surface area contributed by atoms with Crippen LogP contribution in [0.2, 0.25) is 0 Å². The zero-order chi connectivity index (χ0) is 34.4. The van der Waals surface area contributed by atoms with Gasteiger partial charge < -0.3 is 9.32 Å². The van der Waals surface area contributed by atoms with Crippen LogP contribution in [0.1, 0.15) is 0 Å². The Bertz CT molecular complexity index is 2910. The summed E-state index contributed by atoms with van der Waals surface area (Å²) >= 11 is 0. The molecule has 8 aromatic carbocycles. The first-order valence-electron chi connectivity index (χ1n) is 17.6. The minimum Gasteiger partial charge on any atom is -0.454 e. The first-order chi connectivity index (χ1) is 25.8. The van der Waals surface area contributed by atoms with E-state index >= 15 is 0 Å². The van der Waals surface area contributed by atoms with Crippen molar-refractivity contribution in [3.63, 3.8) is 0 Å². The molecule has 0 amide bonds. The zero-order valence-electron chi connectivity index (χ0n) is 28.3. The predicted octanol–water partition coefficient (Wildman–Crippen LogP) is 13.8. The quantitative estimate of drug-likeness (QED) is 0.177. The highest BCUT2D eigenvalue weighted by Crippen LogP contribution is 2.50. The highest BCUT2D eigenvalue weighted by Gasteiger charge is 2.26. The van der Waals surface area contributed by atoms with Gasteiger partial charge in [0.1, 0.15) is 5.58 Å². The molecular weight excluding hydrogens is 633 g/mol. The maximum absolute atomic E-state index is 6.88. The number of para-hydroxylation sites is 1. The SMILES string of the molecule is c1ccc(-c2cccc(N(c3ccc(-c4ccccc4)cc3-c3cccc4ccccc34)c3c4ccncc4cc4c3oc3ccccc34)c2)cc1. The fraction of sp³-hybridized carbons (Fsp3) is 0. The van der Waals surface area contributed by atoms with Crippen molar-refractivity contribution in [3.8, 4) is 33.4 Å². The molecule has 0 saturated carbocycles. The second-order valence-electron chi connectivity index (χ2n) is 13.2. The Balaban J connectivity index is 1.35. The molecule has 0 spiro atoms. The Labute approximate surface area is 301 Å². The summed E-state index contributed by atoms with van der Waals surface area (Å²) in [6.07, 6.45) is 3.84. The van der Waals surface area contributed by atoms with Crippen LogP contribution in [0.4, 0.5) is 17.1 Å². The predicted molar refractivity (Wildman–Crippen MR) is 218 cm³/mol. The molecule has 10 aromatic rings. The van der Waals surface area contributed by atoms with Crippen LogP contribution in [0.15, 0.2) is 199 Å². The first kappa shape index (κ1) is 29.9. The largest absolute Gasteiger partial charge is 0.454 e. The number of hydrogen-bond donors (Lipinski definition) is 0. The number of aromatic nitrogens is 1. The van der Waals surface area contributed by atoms with Crippen LogP contribution in [0, 0.1) is 0 Å². The van der Waals surface area contributed by atoms with Gasteiger partial charge in [-0.15, -0.1) is 0 Å². The second kappa shape index (κ2) is 12.4. The third kappa shape index (κ3) is 5.02. The highest BCUT2D eigenvalue weighted by atomic mass is 16.3. The molecular formula is C49H32N2O. The van der Waals surface area contributed by atoms with Crippen molar-refractivity contribution in [2.24, 2.45) is 0 Å². The molecule has 3 heteroatoms. The summed E-state index contributed by atoms with van der Waals surface area (Å²) < 4.78 is 6.88. The molecule has 0 aliphatic heterocycles. The van der Waals surface area contributed by atoms with Gasteiger partial charge in [0.25, 0.3) is 0 Å². The molecule has 3 nitrogen and oxygen atoms in total. The molecule has 0 radical (unpaired) electrons. The monoisotopic (exact) mass is 664 g/mol. The first-order valence-corrected chi connectivity index (χ1v) is 17.6. The van der Waals surface area contributed by atoms with Crippen molar-refractivity contribution < 1.29 is 4.42 Å². The van der Waals surface area contributed by atoms with Crippen LogP contribution < -0.4 is 4.90 Å². The molecule has 0 unspecified atom stereocenters. The number of anilines is 3. The van der Waals surface area contributed by atoms with Crippen LogP contribution in [-0.4, -0.2) is 4.98 Å². The van der Waals surface area contributed by atoms with E-state index in [1.807, 2.05) is 18.5 Å². The number of benzene rings is 8. The van der Waals surface area contributed by atoms with Gasteiger partial charge in [-0.25, -0.2) is 0 Å². The van der Waals surface area contributed by atoms with Gasteiger partial charge >= 0.3 is 0 Å². The molecule has 0 aliphatic rings. The average Bonchev–Trinajstić information content (AvgIpc) is 3.59. The standard InChI is InChI=1S/C49H32N2O/c1-3-13-33(14-4-1)36-19-11-20-39(29-36)51(48-41-27-28-50-32-38(41)31-45-43-22-9-10-24-47(43)52-49(45)48)46-26-25-37(34-15-5-2-6-16-34)30-44(46)42-23-12-18-35-17-7-8-21-40(35)42/h1-32H. The van der Waals surface area contributed by atoms with Crippen molar-refractivity contribution in [2.45, 2.75) is 0 Å². The van der Waals surface area contributed by atoms with Gasteiger partial charge in [-0.1, -0.05) is 140 Å². The third-order valence-electron chi connectivity index (χ3n) is 10.1. The molecule has 244 valence electrons. The van der Waals surface area contributed by atoms with Gasteiger partial charge in [-0.2, -0.15) is 0 Å². The van der Waals surface area contributed by atoms with E-state index in [1.54, 1.807) is 0 Å². The Hall–Kier alpha value is -6.97. The lowest BCUT2D eigenvalue weighted by molar-refractivity contribution is 0.669. The van der Waals surface area contributed by atoms with Crippen molar-refractivity contribution in [1.82, 2.24) is 4.98 Å². The number of hydrogen-bond acceptors (Lipinski definition) is 3. The van der Waals surface area contributed by atoms with E-state index in [2.05, 4.69) is 186 Å². The van der Waals surface area contributed by atoms with Crippen LogP contribution in [0.5, 0.6) is 0 Å². The Morgan fingerprint density at radius 2 is 1.10 bits per heavy atom. The van der Waals surface area contributed by atoms with Crippen LogP contribution in [0.3, 0.4) is 0 Å². The number of fused-ring (bicyclic) bond motifs is 5. The fourth-order valence-corrected chi connectivity index (χ4v) is 7.68. The fourth-order valence-electron chi connectivity index (χ4n) is 7.68. The van der Waals surface area contributed by atoms with Crippen molar-refractivity contribution in [3.05, 3.63) is 194 Å². The molecule has 0 aliphatic carbocycles. The summed E-state index contributed by atoms with van der Waals surface area (Å²) in [6, 6.07) is 64.8. The van der Waals surface area contributed by atoms with Gasteiger partial charge in [-0.05, 0) is 81.1 Å². The average molecular weight is 665 g/mol. The Kier molecular flexibility index (Phi) is 7.14. The van der Waals surface area contributed by atoms with E-state index in [0.29, 0.717) is 0 Å². The van der Waals surface area contributed by atoms with Gasteiger partial charge in [0.05, 0.1) is 11.4 Å². The van der Waals surface area contributed by atoms with Crippen molar-refractivity contribution in [2.75, 3.05) is 4.90 Å². The lowest BCUT2D eigenvalue weighted by Crippen LogP contribution is -2.12. The van der Waals surface area contributed by atoms with E-state index in [1.165, 1.54) is 16.3 Å². The van der Waals surface area contributed by atoms with E-state index in [9.17, 15) is 0 Å². The molecule has 0 bridgehead atoms. The summed E-state index contributed by atoms with van der Waals surface area (Å²) in [4.78, 5) is 6.99. The summed E-state index contributed by atoms with van der Waals surface area (Å²) in [6.45, 7) is 0. The van der Waals surface area contributed by atoms with Crippen molar-refractivity contribution >= 4 is 60.5 Å². The van der Waals surface area contributed by atoms with Gasteiger partial charge in [0.2, 0.25) is 0 Å². The molecule has 0 fully saturated rings. The number of furan rings is 1. The van der Waals surface area contributed by atoms with Gasteiger partial charge in [0, 0.05) is 45.2 Å². The van der Waals surface area contributed by atoms with E-state index < -0.39 is 0 Å². The van der Waals surface area contributed by atoms with Gasteiger partial charge in [-0.3, -0.25) is 4.98 Å². The lowest BCUT2D eigenvalue weighted by Gasteiger charge is -2.30. The number of nitrogens with zero attached hydrogens (tertiary/aromatic N) is 2. The van der Waals surface area contributed by atoms with Gasteiger partial charge in [0.15, 0.2) is 5.58 Å². The third-order valence-corrected chi connectivity index (χ3v) is 10.1. The summed E-state index contributed by atoms with van der Waals surface area (Å²) in [7, 11) is 0. The second-order valence-corrected chi connectivity index (χ2v) is 13.2. The minimum atomic E-state index is 0.834. The van der Waals surface area contributed by atoms with E-state index in [-0.39, 0.29) is 0 Å². The van der Waals surface area contributed by atoms with E-state index in [0.717, 1.165) is 77.6 Å². The molecule has 0 N–H and O–H groups in total. The summed E-state index contributed by atoms with van der Waals surface area (Å²) in [5.74, 6) is 0. The Morgan fingerprint density at radius 3 is 1.92 bits per heavy atom. The number of rotatable bonds is 6. The van der Waals surface area contributed by atoms with Crippen LogP contribution >= 0.6 is 0 Å². The lowest BCUT2D eigenvalue weighted by atomic mass is 9.92. The maximum atomic E-state index is 6.88. The normalized spacial score (nSPS) is 11.5. The molecule has 2 aromatic heterocycles. The smallest absolute Gasteiger partial charge is 0.160 e.